The summed E-state index contributed by atoms with van der Waals surface area (Å²) < 4.78 is 37.5. The number of urea groups is 1. The highest BCUT2D eigenvalue weighted by atomic mass is 32.7. The number of anilines is 1. The van der Waals surface area contributed by atoms with Gasteiger partial charge in [0.15, 0.2) is 17.4 Å². The fourth-order valence-electron chi connectivity index (χ4n) is 4.46. The number of nitrogens with one attached hydrogen (secondary N) is 2. The third-order valence-electron chi connectivity index (χ3n) is 6.80. The molecule has 6 N–H and O–H groups in total. The molecule has 238 valence electrons. The van der Waals surface area contributed by atoms with E-state index >= 15 is 0 Å². The normalized spacial score (nSPS) is 27.9. The Balaban J connectivity index is 1.54. The van der Waals surface area contributed by atoms with E-state index in [-0.39, 0.29) is 28.7 Å². The number of fused-ring (bicyclic) bond motifs is 1. The number of hydrogen-bond acceptors (Lipinski definition) is 15. The fourth-order valence-corrected chi connectivity index (χ4v) is 8.43. The minimum absolute atomic E-state index is 0.0942. The quantitative estimate of drug-likeness (QED) is 0.114. The molecule has 3 amide bonds. The van der Waals surface area contributed by atoms with E-state index in [1.807, 2.05) is 0 Å². The van der Waals surface area contributed by atoms with Gasteiger partial charge in [-0.1, -0.05) is 11.4 Å². The third-order valence-corrected chi connectivity index (χ3v) is 10.9. The van der Waals surface area contributed by atoms with Crippen LogP contribution in [0.1, 0.15) is 33.9 Å². The maximum absolute atomic E-state index is 14.0. The first-order valence-electron chi connectivity index (χ1n) is 13.1. The lowest BCUT2D eigenvalue weighted by molar-refractivity contribution is -0.149. The van der Waals surface area contributed by atoms with Crippen LogP contribution < -0.4 is 20.9 Å². The van der Waals surface area contributed by atoms with Crippen molar-refractivity contribution in [1.82, 2.24) is 34.8 Å². The molecule has 7 atom stereocenters. The van der Waals surface area contributed by atoms with Gasteiger partial charge < -0.3 is 39.6 Å². The number of carbonyl (C=O) groups is 3. The van der Waals surface area contributed by atoms with E-state index in [4.69, 9.17) is 24.5 Å². The molecule has 0 aromatic carbocycles. The first-order valence-corrected chi connectivity index (χ1v) is 16.3. The molecule has 18 nitrogen and oxygen atoms in total. The highest BCUT2D eigenvalue weighted by Gasteiger charge is 2.54. The molecule has 4 rings (SSSR count). The molecule has 43 heavy (non-hydrogen) atoms. The second kappa shape index (κ2) is 12.5. The molecule has 2 aromatic rings. The highest BCUT2D eigenvalue weighted by Crippen LogP contribution is 2.57. The van der Waals surface area contributed by atoms with Crippen molar-refractivity contribution in [3.05, 3.63) is 6.33 Å². The predicted octanol–water partition coefficient (Wildman–Crippen LogP) is -0.236. The zero-order chi connectivity index (χ0) is 31.9. The molecule has 2 aliphatic heterocycles. The van der Waals surface area contributed by atoms with Gasteiger partial charge in [0.2, 0.25) is 11.8 Å². The van der Waals surface area contributed by atoms with Crippen LogP contribution in [0.25, 0.3) is 11.2 Å². The number of ether oxygens (including phenoxy) is 3. The van der Waals surface area contributed by atoms with Crippen molar-refractivity contribution in [2.45, 2.75) is 69.9 Å². The van der Waals surface area contributed by atoms with Crippen molar-refractivity contribution in [3.8, 4) is 5.88 Å². The minimum atomic E-state index is -4.05. The summed E-state index contributed by atoms with van der Waals surface area (Å²) in [6.45, 7) is 1.49. The van der Waals surface area contributed by atoms with Crippen LogP contribution >= 0.6 is 18.1 Å². The highest BCUT2D eigenvalue weighted by molar-refractivity contribution is 8.56. The van der Waals surface area contributed by atoms with E-state index in [0.717, 1.165) is 4.90 Å². The van der Waals surface area contributed by atoms with Crippen LogP contribution in [-0.4, -0.2) is 115 Å². The van der Waals surface area contributed by atoms with Crippen LogP contribution in [0.5, 0.6) is 5.88 Å². The minimum Gasteiger partial charge on any atom is -0.479 e. The molecular weight excluding hydrogens is 611 g/mol. The Bertz CT molecular complexity index is 1440. The van der Waals surface area contributed by atoms with Crippen LogP contribution in [0.4, 0.5) is 10.7 Å². The van der Waals surface area contributed by atoms with Gasteiger partial charge in [-0.2, -0.15) is 9.97 Å². The topological polar surface area (TPSA) is 243 Å². The average molecular weight is 647 g/mol. The molecule has 0 aliphatic carbocycles. The monoisotopic (exact) mass is 646 g/mol. The summed E-state index contributed by atoms with van der Waals surface area (Å²) in [5.41, 5.74) is 4.27. The Hall–Kier alpha value is -3.06. The molecule has 2 fully saturated rings. The van der Waals surface area contributed by atoms with Gasteiger partial charge in [0.1, 0.15) is 29.9 Å². The van der Waals surface area contributed by atoms with Crippen LogP contribution in [0.15, 0.2) is 6.33 Å². The van der Waals surface area contributed by atoms with Gasteiger partial charge in [-0.25, -0.2) is 14.9 Å². The van der Waals surface area contributed by atoms with E-state index in [1.54, 1.807) is 13.8 Å². The standard InChI is InChI=1S/C23H35N8O10PS/c1-10(2)40-19(34)11(3)29-42(37,43-8-12-17(33)27-22(35)30(12)5)39-7-13-15(32)23(4,36)20(41-13)31-9-25-14-16(31)26-21(24)28-18(14)38-6/h9-13,15,20,32,36H,7-8H2,1-6H3,(H,29,37)(H2,24,26,28)(H,27,33,35)/t11-,12+,13?,15-,20?,23-,42+/m1/s1. The SMILES string of the molecule is COc1nc(N)nc2c1ncn2C1OC(CO[P@@](=O)(N[C@H](C)C(=O)OC(C)C)SC[C@H]2C(=O)NC(=O)N2C)[C@@H](O)[C@@]1(C)O. The molecule has 20 heteroatoms. The fraction of sp³-hybridized carbons (Fsp3) is 0.652. The van der Waals surface area contributed by atoms with Crippen molar-refractivity contribution in [1.29, 1.82) is 0 Å². The van der Waals surface area contributed by atoms with E-state index < -0.39 is 73.5 Å². The second-order valence-electron chi connectivity index (χ2n) is 10.5. The lowest BCUT2D eigenvalue weighted by Crippen LogP contribution is -2.44. The van der Waals surface area contributed by atoms with Gasteiger partial charge in [-0.3, -0.25) is 24.0 Å². The summed E-state index contributed by atoms with van der Waals surface area (Å²) in [5, 5.41) is 27.1. The molecule has 2 aromatic heterocycles. The summed E-state index contributed by atoms with van der Waals surface area (Å²) in [5.74, 6) is -1.46. The van der Waals surface area contributed by atoms with Gasteiger partial charge >= 0.3 is 18.7 Å². The largest absolute Gasteiger partial charge is 0.479 e. The number of aliphatic hydroxyl groups excluding tert-OH is 1. The number of nitrogens with two attached hydrogens (primary N) is 1. The first kappa shape index (κ1) is 32.8. The summed E-state index contributed by atoms with van der Waals surface area (Å²) in [6.07, 6.45) is -3.16. The maximum atomic E-state index is 14.0. The molecular formula is C23H35N8O10PS. The molecule has 4 heterocycles. The Morgan fingerprint density at radius 3 is 2.65 bits per heavy atom. The number of esters is 1. The molecule has 0 bridgehead atoms. The van der Waals surface area contributed by atoms with Gasteiger partial charge in [0, 0.05) is 12.8 Å². The lowest BCUT2D eigenvalue weighted by Gasteiger charge is -2.27. The molecule has 0 radical (unpaired) electrons. The van der Waals surface area contributed by atoms with Crippen molar-refractivity contribution in [3.63, 3.8) is 0 Å². The van der Waals surface area contributed by atoms with Crippen LogP contribution in [-0.2, 0) is 28.2 Å². The van der Waals surface area contributed by atoms with Gasteiger partial charge in [0.05, 0.1) is 26.1 Å². The zero-order valence-electron chi connectivity index (χ0n) is 24.3. The summed E-state index contributed by atoms with van der Waals surface area (Å²) in [7, 11) is 2.79. The van der Waals surface area contributed by atoms with E-state index in [0.29, 0.717) is 11.4 Å². The van der Waals surface area contributed by atoms with Crippen LogP contribution in [0.2, 0.25) is 0 Å². The van der Waals surface area contributed by atoms with Crippen molar-refractivity contribution < 1.29 is 47.9 Å². The number of imide groups is 1. The zero-order valence-corrected chi connectivity index (χ0v) is 26.0. The van der Waals surface area contributed by atoms with Crippen LogP contribution in [0, 0.1) is 0 Å². The molecule has 2 saturated heterocycles. The number of rotatable bonds is 12. The van der Waals surface area contributed by atoms with Crippen molar-refractivity contribution in [2.75, 3.05) is 32.3 Å². The number of aliphatic hydroxyl groups is 2. The second-order valence-corrected chi connectivity index (χ2v) is 14.8. The van der Waals surface area contributed by atoms with Crippen molar-refractivity contribution >= 4 is 53.1 Å². The summed E-state index contributed by atoms with van der Waals surface area (Å²) in [4.78, 5) is 50.1. The molecule has 2 aliphatic rings. The molecule has 0 saturated carbocycles. The summed E-state index contributed by atoms with van der Waals surface area (Å²) >= 11 is 0.686. The van der Waals surface area contributed by atoms with Gasteiger partial charge in [-0.05, 0) is 27.7 Å². The smallest absolute Gasteiger partial charge is 0.327 e. The summed E-state index contributed by atoms with van der Waals surface area (Å²) in [6, 6.07) is -2.66. The number of amides is 3. The van der Waals surface area contributed by atoms with E-state index in [9.17, 15) is 29.2 Å². The third kappa shape index (κ3) is 6.72. The number of likely N-dealkylation sites (N-methyl/N-ethyl adjacent to an activating group) is 1. The van der Waals surface area contributed by atoms with Crippen molar-refractivity contribution in [2.24, 2.45) is 0 Å². The number of nitrogens with zero attached hydrogens (tertiary/aromatic N) is 5. The van der Waals surface area contributed by atoms with Gasteiger partial charge in [-0.15, -0.1) is 0 Å². The van der Waals surface area contributed by atoms with Crippen LogP contribution in [0.3, 0.4) is 0 Å². The van der Waals surface area contributed by atoms with E-state index in [1.165, 1.54) is 38.9 Å². The number of methoxy groups -OCH3 is 1. The Morgan fingerprint density at radius 2 is 2.05 bits per heavy atom. The maximum Gasteiger partial charge on any atom is 0.327 e. The Labute approximate surface area is 250 Å². The number of imidazole rings is 1. The number of hydrogen-bond donors (Lipinski definition) is 5. The molecule has 0 spiro atoms. The first-order chi connectivity index (χ1) is 20.1. The number of nitrogen functional groups attached to an aromatic ring is 1. The lowest BCUT2D eigenvalue weighted by atomic mass is 9.96. The van der Waals surface area contributed by atoms with Gasteiger partial charge in [0.25, 0.3) is 5.91 Å². The number of carbonyl (C=O) groups excluding carboxylic acids is 3. The Morgan fingerprint density at radius 1 is 1.35 bits per heavy atom. The average Bonchev–Trinajstić information content (AvgIpc) is 3.52. The Kier molecular flexibility index (Phi) is 9.55. The van der Waals surface area contributed by atoms with E-state index in [2.05, 4.69) is 25.4 Å². The predicted molar refractivity (Wildman–Crippen MR) is 152 cm³/mol. The number of aromatic nitrogens is 4. The molecule has 2 unspecified atom stereocenters.